The lowest BCUT2D eigenvalue weighted by molar-refractivity contribution is 0.111. The zero-order valence-corrected chi connectivity index (χ0v) is 8.21. The molecule has 0 aromatic carbocycles. The first-order valence-electron chi connectivity index (χ1n) is 4.01. The summed E-state index contributed by atoms with van der Waals surface area (Å²) in [4.78, 5) is 15.9. The first-order valence-corrected chi connectivity index (χ1v) is 4.89. The molecule has 2 aromatic heterocycles. The molecule has 5 heteroatoms. The highest BCUT2D eigenvalue weighted by Crippen LogP contribution is 2.20. The topological polar surface area (TPSA) is 47.3 Å². The molecule has 0 saturated carbocycles. The van der Waals surface area contributed by atoms with Crippen molar-refractivity contribution < 1.29 is 4.79 Å². The zero-order chi connectivity index (χ0) is 9.42. The number of carbonyl (C=O) groups is 1. The van der Waals surface area contributed by atoms with Gasteiger partial charge in [-0.2, -0.15) is 5.10 Å². The van der Waals surface area contributed by atoms with E-state index in [1.54, 1.807) is 10.0 Å². The van der Waals surface area contributed by atoms with Crippen LogP contribution in [-0.4, -0.2) is 20.9 Å². The van der Waals surface area contributed by atoms with E-state index >= 15 is 0 Å². The third-order valence-corrected chi connectivity index (χ3v) is 2.54. The van der Waals surface area contributed by atoms with Crippen LogP contribution in [0.3, 0.4) is 0 Å². The maximum Gasteiger partial charge on any atom is 0.212 e. The van der Waals surface area contributed by atoms with Gasteiger partial charge >= 0.3 is 0 Å². The van der Waals surface area contributed by atoms with Crippen LogP contribution in [0.2, 0.25) is 0 Å². The van der Waals surface area contributed by atoms with E-state index in [0.29, 0.717) is 5.69 Å². The van der Waals surface area contributed by atoms with Crippen LogP contribution in [0.5, 0.6) is 0 Å². The molecule has 0 unspecified atom stereocenters. The predicted octanol–water partition coefficient (Wildman–Crippen LogP) is 1.73. The van der Waals surface area contributed by atoms with Gasteiger partial charge in [-0.05, 0) is 5.92 Å². The molecule has 68 valence electrons. The monoisotopic (exact) mass is 195 g/mol. The molecule has 0 aliphatic rings. The maximum atomic E-state index is 10.8. The molecule has 0 radical (unpaired) electrons. The van der Waals surface area contributed by atoms with E-state index in [4.69, 9.17) is 0 Å². The molecule has 0 bridgehead atoms. The van der Waals surface area contributed by atoms with Crippen molar-refractivity contribution in [1.82, 2.24) is 14.6 Å². The van der Waals surface area contributed by atoms with Crippen LogP contribution < -0.4 is 0 Å². The van der Waals surface area contributed by atoms with E-state index in [1.165, 1.54) is 11.3 Å². The highest BCUT2D eigenvalue weighted by Gasteiger charge is 2.15. The molecule has 4 nitrogen and oxygen atoms in total. The van der Waals surface area contributed by atoms with Crippen molar-refractivity contribution in [1.29, 1.82) is 0 Å². The Morgan fingerprint density at radius 1 is 1.62 bits per heavy atom. The average molecular weight is 195 g/mol. The molecule has 0 N–H and O–H groups in total. The first kappa shape index (κ1) is 8.37. The molecule has 2 aromatic rings. The van der Waals surface area contributed by atoms with Crippen molar-refractivity contribution in [3.05, 3.63) is 16.9 Å². The van der Waals surface area contributed by atoms with Crippen molar-refractivity contribution in [3.8, 4) is 0 Å². The Kier molecular flexibility index (Phi) is 1.88. The van der Waals surface area contributed by atoms with E-state index in [0.717, 1.165) is 16.9 Å². The lowest BCUT2D eigenvalue weighted by Crippen LogP contribution is -1.97. The largest absolute Gasteiger partial charge is 0.296 e. The summed E-state index contributed by atoms with van der Waals surface area (Å²) in [6.07, 6.45) is 0.815. The predicted molar refractivity (Wildman–Crippen MR) is 50.3 cm³/mol. The number of hydrogen-bond donors (Lipinski definition) is 0. The number of rotatable bonds is 2. The Bertz CT molecular complexity index is 443. The summed E-state index contributed by atoms with van der Waals surface area (Å²) in [5.41, 5.74) is 3.08. The molecule has 0 fully saturated rings. The second-order valence-corrected chi connectivity index (χ2v) is 3.90. The number of nitrogens with zero attached hydrogens (tertiary/aromatic N) is 3. The molecule has 0 atom stereocenters. The van der Waals surface area contributed by atoms with Gasteiger partial charge in [0.2, 0.25) is 4.96 Å². The highest BCUT2D eigenvalue weighted by atomic mass is 32.1. The van der Waals surface area contributed by atoms with Crippen LogP contribution in [0, 0.1) is 0 Å². The smallest absolute Gasteiger partial charge is 0.212 e. The van der Waals surface area contributed by atoms with Gasteiger partial charge in [0.05, 0.1) is 5.69 Å². The van der Waals surface area contributed by atoms with Crippen LogP contribution in [0.25, 0.3) is 4.96 Å². The Morgan fingerprint density at radius 3 is 3.00 bits per heavy atom. The number of fused-ring (bicyclic) bond motifs is 1. The quantitative estimate of drug-likeness (QED) is 0.685. The summed E-state index contributed by atoms with van der Waals surface area (Å²) < 4.78 is 1.59. The van der Waals surface area contributed by atoms with Crippen molar-refractivity contribution in [2.24, 2.45) is 0 Å². The fraction of sp³-hybridized carbons (Fsp3) is 0.375. The molecule has 2 heterocycles. The third kappa shape index (κ3) is 1.16. The number of hydrogen-bond acceptors (Lipinski definition) is 4. The summed E-state index contributed by atoms with van der Waals surface area (Å²) in [6, 6.07) is 0. The Balaban J connectivity index is 2.74. The van der Waals surface area contributed by atoms with Gasteiger partial charge in [-0.1, -0.05) is 25.2 Å². The lowest BCUT2D eigenvalue weighted by atomic mass is 10.1. The van der Waals surface area contributed by atoms with Gasteiger partial charge < -0.3 is 0 Å². The standard InChI is InChI=1S/C8H9N3OS/c1-5(2)7-6(3-12)11-8(10-7)13-4-9-11/h3-5H,1-2H3. The SMILES string of the molecule is CC(C)c1nc2scnn2c1C=O. The van der Waals surface area contributed by atoms with Gasteiger partial charge in [-0.25, -0.2) is 9.50 Å². The van der Waals surface area contributed by atoms with E-state index < -0.39 is 0 Å². The molecular formula is C8H9N3OS. The van der Waals surface area contributed by atoms with Gasteiger partial charge in [-0.3, -0.25) is 4.79 Å². The summed E-state index contributed by atoms with van der Waals surface area (Å²) in [7, 11) is 0. The molecular weight excluding hydrogens is 186 g/mol. The van der Waals surface area contributed by atoms with Crippen LogP contribution >= 0.6 is 11.3 Å². The second kappa shape index (κ2) is 2.92. The molecule has 13 heavy (non-hydrogen) atoms. The number of imidazole rings is 1. The van der Waals surface area contributed by atoms with Gasteiger partial charge in [0.1, 0.15) is 11.2 Å². The normalized spacial score (nSPS) is 11.3. The Labute approximate surface area is 79.2 Å². The zero-order valence-electron chi connectivity index (χ0n) is 7.39. The number of aromatic nitrogens is 3. The van der Waals surface area contributed by atoms with Crippen LogP contribution in [0.4, 0.5) is 0 Å². The van der Waals surface area contributed by atoms with E-state index in [1.807, 2.05) is 13.8 Å². The molecule has 0 amide bonds. The van der Waals surface area contributed by atoms with Crippen LogP contribution in [-0.2, 0) is 0 Å². The van der Waals surface area contributed by atoms with Gasteiger partial charge in [-0.15, -0.1) is 0 Å². The van der Waals surface area contributed by atoms with Crippen molar-refractivity contribution in [2.75, 3.05) is 0 Å². The summed E-state index contributed by atoms with van der Waals surface area (Å²) in [5, 5.41) is 4.03. The number of aldehydes is 1. The minimum atomic E-state index is 0.258. The minimum absolute atomic E-state index is 0.258. The van der Waals surface area contributed by atoms with Crippen molar-refractivity contribution in [3.63, 3.8) is 0 Å². The van der Waals surface area contributed by atoms with Crippen molar-refractivity contribution in [2.45, 2.75) is 19.8 Å². The minimum Gasteiger partial charge on any atom is -0.296 e. The first-order chi connectivity index (χ1) is 6.24. The van der Waals surface area contributed by atoms with Crippen LogP contribution in [0.15, 0.2) is 5.51 Å². The molecule has 0 aliphatic heterocycles. The molecule has 0 saturated heterocycles. The second-order valence-electron chi connectivity index (χ2n) is 3.09. The fourth-order valence-corrected chi connectivity index (χ4v) is 1.89. The van der Waals surface area contributed by atoms with Gasteiger partial charge in [0, 0.05) is 0 Å². The summed E-state index contributed by atoms with van der Waals surface area (Å²) in [6.45, 7) is 4.03. The highest BCUT2D eigenvalue weighted by molar-refractivity contribution is 7.14. The Hall–Kier alpha value is -1.23. The summed E-state index contributed by atoms with van der Waals surface area (Å²) in [5.74, 6) is 0.258. The van der Waals surface area contributed by atoms with E-state index in [9.17, 15) is 4.79 Å². The van der Waals surface area contributed by atoms with Gasteiger partial charge in [0.15, 0.2) is 6.29 Å². The number of carbonyl (C=O) groups excluding carboxylic acids is 1. The van der Waals surface area contributed by atoms with E-state index in [2.05, 4.69) is 10.1 Å². The maximum absolute atomic E-state index is 10.8. The molecule has 2 rings (SSSR count). The fourth-order valence-electron chi connectivity index (χ4n) is 1.26. The van der Waals surface area contributed by atoms with Crippen LogP contribution in [0.1, 0.15) is 35.9 Å². The molecule has 0 aliphatic carbocycles. The van der Waals surface area contributed by atoms with E-state index in [-0.39, 0.29) is 5.92 Å². The molecule has 0 spiro atoms. The van der Waals surface area contributed by atoms with Gasteiger partial charge in [0.25, 0.3) is 0 Å². The third-order valence-electron chi connectivity index (χ3n) is 1.87. The Morgan fingerprint density at radius 2 is 2.38 bits per heavy atom. The summed E-state index contributed by atoms with van der Waals surface area (Å²) >= 11 is 1.44. The lowest BCUT2D eigenvalue weighted by Gasteiger charge is -1.98. The van der Waals surface area contributed by atoms with Crippen molar-refractivity contribution >= 4 is 22.6 Å². The average Bonchev–Trinajstić information content (AvgIpc) is 2.60.